The average Bonchev–Trinajstić information content (AvgIpc) is 2.82. The van der Waals surface area contributed by atoms with E-state index in [0.29, 0.717) is 11.8 Å². The van der Waals surface area contributed by atoms with E-state index in [4.69, 9.17) is 27.9 Å². The van der Waals surface area contributed by atoms with Crippen LogP contribution < -0.4 is 20.3 Å². The summed E-state index contributed by atoms with van der Waals surface area (Å²) >= 11 is 12.0. The highest BCUT2D eigenvalue weighted by molar-refractivity contribution is 7.92. The summed E-state index contributed by atoms with van der Waals surface area (Å²) in [6, 6.07) is 10.6. The van der Waals surface area contributed by atoms with E-state index < -0.39 is 50.1 Å². The Morgan fingerprint density at radius 3 is 2.29 bits per heavy atom. The number of aryl methyl sites for hydroxylation is 2. The molecule has 0 aliphatic rings. The van der Waals surface area contributed by atoms with Crippen molar-refractivity contribution in [3.05, 3.63) is 86.9 Å². The first kappa shape index (κ1) is 29.1. The predicted octanol–water partition coefficient (Wildman–Crippen LogP) is 5.27. The van der Waals surface area contributed by atoms with E-state index in [2.05, 4.69) is 10.9 Å². The van der Waals surface area contributed by atoms with Crippen molar-refractivity contribution >= 4 is 50.7 Å². The molecule has 202 valence electrons. The molecule has 3 aromatic rings. The number of benzene rings is 3. The Labute approximate surface area is 226 Å². The molecule has 0 unspecified atom stereocenters. The molecule has 0 aromatic heterocycles. The van der Waals surface area contributed by atoms with Crippen LogP contribution >= 0.6 is 23.2 Å². The molecule has 3 rings (SSSR count). The van der Waals surface area contributed by atoms with Crippen LogP contribution in [0.3, 0.4) is 0 Å². The lowest BCUT2D eigenvalue weighted by atomic mass is 10.1. The molecule has 3 N–H and O–H groups in total. The third-order valence-corrected chi connectivity index (χ3v) is 7.32. The number of alkyl halides is 3. The lowest BCUT2D eigenvalue weighted by molar-refractivity contribution is -0.137. The lowest BCUT2D eigenvalue weighted by Gasteiger charge is -2.14. The van der Waals surface area contributed by atoms with Gasteiger partial charge in [-0.25, -0.2) is 8.42 Å². The van der Waals surface area contributed by atoms with Crippen LogP contribution in [0, 0.1) is 13.8 Å². The van der Waals surface area contributed by atoms with E-state index in [0.717, 1.165) is 41.5 Å². The van der Waals surface area contributed by atoms with Gasteiger partial charge in [0.2, 0.25) is 0 Å². The van der Waals surface area contributed by atoms with E-state index in [-0.39, 0.29) is 16.3 Å². The molecule has 0 fully saturated rings. The van der Waals surface area contributed by atoms with Crippen LogP contribution in [-0.4, -0.2) is 26.8 Å². The van der Waals surface area contributed by atoms with Crippen molar-refractivity contribution in [2.45, 2.75) is 24.9 Å². The molecule has 0 aliphatic carbocycles. The van der Waals surface area contributed by atoms with Gasteiger partial charge in [0.25, 0.3) is 21.8 Å². The van der Waals surface area contributed by atoms with Gasteiger partial charge in [0.05, 0.1) is 21.2 Å². The van der Waals surface area contributed by atoms with Crippen LogP contribution in [0.1, 0.15) is 27.0 Å². The fraction of sp³-hybridized carbons (Fsp3) is 0.167. The Balaban J connectivity index is 1.71. The molecule has 38 heavy (non-hydrogen) atoms. The first-order valence-corrected chi connectivity index (χ1v) is 12.9. The summed E-state index contributed by atoms with van der Waals surface area (Å²) in [4.78, 5) is 24.0. The highest BCUT2D eigenvalue weighted by atomic mass is 35.5. The number of rotatable bonds is 7. The van der Waals surface area contributed by atoms with Crippen LogP contribution in [0.15, 0.2) is 59.5 Å². The average molecular weight is 590 g/mol. The number of carbonyl (C=O) groups is 2. The van der Waals surface area contributed by atoms with Crippen molar-refractivity contribution < 1.29 is 35.9 Å². The third kappa shape index (κ3) is 7.30. The van der Waals surface area contributed by atoms with E-state index in [1.807, 2.05) is 24.6 Å². The van der Waals surface area contributed by atoms with Crippen LogP contribution in [0.2, 0.25) is 10.0 Å². The van der Waals surface area contributed by atoms with Crippen molar-refractivity contribution in [3.8, 4) is 5.75 Å². The molecule has 8 nitrogen and oxygen atoms in total. The van der Waals surface area contributed by atoms with Gasteiger partial charge in [-0.05, 0) is 67.4 Å². The van der Waals surface area contributed by atoms with E-state index in [9.17, 15) is 31.2 Å². The number of ether oxygens (including phenoxy) is 1. The second-order valence-corrected chi connectivity index (χ2v) is 10.4. The molecule has 2 amide bonds. The zero-order valence-corrected chi connectivity index (χ0v) is 22.1. The Morgan fingerprint density at radius 2 is 1.63 bits per heavy atom. The topological polar surface area (TPSA) is 114 Å². The van der Waals surface area contributed by atoms with Gasteiger partial charge in [0.1, 0.15) is 10.6 Å². The third-order valence-electron chi connectivity index (χ3n) is 5.16. The lowest BCUT2D eigenvalue weighted by Crippen LogP contribution is -2.44. The molecule has 0 saturated carbocycles. The molecule has 0 saturated heterocycles. The zero-order chi connectivity index (χ0) is 28.3. The SMILES string of the molecule is Cc1ccc(OCC(=O)NNC(=O)c2cc(S(=O)(=O)Nc3cccc(C(F)(F)F)c3)c(Cl)cc2Cl)cc1C. The zero-order valence-electron chi connectivity index (χ0n) is 19.7. The smallest absolute Gasteiger partial charge is 0.416 e. The second-order valence-electron chi connectivity index (χ2n) is 7.98. The Morgan fingerprint density at radius 1 is 0.921 bits per heavy atom. The number of hydrazine groups is 1. The summed E-state index contributed by atoms with van der Waals surface area (Å²) in [6.07, 6.45) is -4.70. The van der Waals surface area contributed by atoms with Gasteiger partial charge in [-0.1, -0.05) is 35.3 Å². The quantitative estimate of drug-likeness (QED) is 0.325. The molecule has 0 spiro atoms. The molecule has 0 heterocycles. The van der Waals surface area contributed by atoms with Gasteiger partial charge in [-0.15, -0.1) is 0 Å². The second kappa shape index (κ2) is 11.5. The van der Waals surface area contributed by atoms with Gasteiger partial charge in [0.15, 0.2) is 6.61 Å². The van der Waals surface area contributed by atoms with E-state index >= 15 is 0 Å². The predicted molar refractivity (Wildman–Crippen MR) is 136 cm³/mol. The Hall–Kier alpha value is -3.48. The number of halogens is 5. The van der Waals surface area contributed by atoms with Crippen molar-refractivity contribution in [3.63, 3.8) is 0 Å². The number of hydrogen-bond donors (Lipinski definition) is 3. The van der Waals surface area contributed by atoms with E-state index in [1.165, 1.54) is 0 Å². The van der Waals surface area contributed by atoms with Crippen LogP contribution in [0.5, 0.6) is 5.75 Å². The fourth-order valence-corrected chi connectivity index (χ4v) is 4.97. The molecular weight excluding hydrogens is 570 g/mol. The van der Waals surface area contributed by atoms with Gasteiger partial charge in [-0.3, -0.25) is 25.2 Å². The normalized spacial score (nSPS) is 11.6. The molecule has 14 heteroatoms. The summed E-state index contributed by atoms with van der Waals surface area (Å²) in [5.41, 5.74) is 4.36. The summed E-state index contributed by atoms with van der Waals surface area (Å²) in [5, 5.41) is -0.636. The van der Waals surface area contributed by atoms with Crippen molar-refractivity contribution in [2.75, 3.05) is 11.3 Å². The highest BCUT2D eigenvalue weighted by Crippen LogP contribution is 2.33. The van der Waals surface area contributed by atoms with Gasteiger partial charge in [0, 0.05) is 5.69 Å². The molecule has 0 aliphatic heterocycles. The van der Waals surface area contributed by atoms with Gasteiger partial charge in [-0.2, -0.15) is 13.2 Å². The molecular formula is C24H20Cl2F3N3O5S. The number of nitrogens with one attached hydrogen (secondary N) is 3. The Bertz CT molecular complexity index is 1500. The minimum atomic E-state index is -4.70. The number of anilines is 1. The first-order chi connectivity index (χ1) is 17.7. The fourth-order valence-electron chi connectivity index (χ4n) is 3.06. The van der Waals surface area contributed by atoms with E-state index in [1.54, 1.807) is 12.1 Å². The maximum absolute atomic E-state index is 13.0. The highest BCUT2D eigenvalue weighted by Gasteiger charge is 2.31. The van der Waals surface area contributed by atoms with Crippen LogP contribution in [0.4, 0.5) is 18.9 Å². The standard InChI is InChI=1S/C24H20Cl2F3N3O5S/c1-13-6-7-17(8-14(13)2)37-12-22(33)30-31-23(34)18-10-21(20(26)11-19(18)25)38(35,36)32-16-5-3-4-15(9-16)24(27,28)29/h3-11,32H,12H2,1-2H3,(H,30,33)(H,31,34). The number of hydrogen-bond acceptors (Lipinski definition) is 5. The number of amides is 2. The van der Waals surface area contributed by atoms with Crippen LogP contribution in [-0.2, 0) is 21.0 Å². The van der Waals surface area contributed by atoms with Crippen LogP contribution in [0.25, 0.3) is 0 Å². The maximum atomic E-state index is 13.0. The first-order valence-electron chi connectivity index (χ1n) is 10.7. The molecule has 0 bridgehead atoms. The molecule has 0 atom stereocenters. The number of carbonyl (C=O) groups excluding carboxylic acids is 2. The summed E-state index contributed by atoms with van der Waals surface area (Å²) in [5.74, 6) is -1.26. The van der Waals surface area contributed by atoms with Crippen molar-refractivity contribution in [1.29, 1.82) is 0 Å². The molecule has 0 radical (unpaired) electrons. The number of sulfonamides is 1. The summed E-state index contributed by atoms with van der Waals surface area (Å²) < 4.78 is 72.0. The van der Waals surface area contributed by atoms with Crippen molar-refractivity contribution in [1.82, 2.24) is 10.9 Å². The monoisotopic (exact) mass is 589 g/mol. The summed E-state index contributed by atoms with van der Waals surface area (Å²) in [6.45, 7) is 3.36. The maximum Gasteiger partial charge on any atom is 0.416 e. The molecule has 3 aromatic carbocycles. The largest absolute Gasteiger partial charge is 0.484 e. The minimum absolute atomic E-state index is 0.244. The summed E-state index contributed by atoms with van der Waals surface area (Å²) in [7, 11) is -4.55. The van der Waals surface area contributed by atoms with Crippen molar-refractivity contribution in [2.24, 2.45) is 0 Å². The minimum Gasteiger partial charge on any atom is -0.484 e. The van der Waals surface area contributed by atoms with Gasteiger partial charge >= 0.3 is 6.18 Å². The Kier molecular flexibility index (Phi) is 8.80. The van der Waals surface area contributed by atoms with Gasteiger partial charge < -0.3 is 4.74 Å².